The second-order valence-electron chi connectivity index (χ2n) is 6.09. The Labute approximate surface area is 157 Å². The van der Waals surface area contributed by atoms with Gasteiger partial charge in [-0.1, -0.05) is 6.07 Å². The van der Waals surface area contributed by atoms with Crippen LogP contribution in [-0.2, 0) is 0 Å². The first-order valence-corrected chi connectivity index (χ1v) is 8.16. The molecule has 1 aliphatic rings. The van der Waals surface area contributed by atoms with Crippen molar-refractivity contribution >= 4 is 18.3 Å². The molecule has 0 aromatic heterocycles. The van der Waals surface area contributed by atoms with Gasteiger partial charge in [0.15, 0.2) is 0 Å². The molecule has 1 N–H and O–H groups in total. The number of nitrogens with one attached hydrogen (secondary N) is 1. The molecule has 7 heteroatoms. The first kappa shape index (κ1) is 20.1. The Balaban J connectivity index is 0.00000243. The third-order valence-corrected chi connectivity index (χ3v) is 4.45. The van der Waals surface area contributed by atoms with Crippen LogP contribution >= 0.6 is 12.4 Å². The predicted octanol–water partition coefficient (Wildman–Crippen LogP) is 3.50. The zero-order valence-corrected chi connectivity index (χ0v) is 15.4. The zero-order chi connectivity index (χ0) is 18.0. The number of hydrogen-bond donors (Lipinski definition) is 1. The van der Waals surface area contributed by atoms with E-state index in [1.807, 2.05) is 6.92 Å². The molecule has 0 aliphatic carbocycles. The number of methoxy groups -OCH3 is 1. The minimum atomic E-state index is -0.650. The van der Waals surface area contributed by atoms with Gasteiger partial charge < -0.3 is 15.0 Å². The van der Waals surface area contributed by atoms with Crippen molar-refractivity contribution in [2.45, 2.75) is 13.0 Å². The van der Waals surface area contributed by atoms with Crippen molar-refractivity contribution in [1.29, 1.82) is 0 Å². The summed E-state index contributed by atoms with van der Waals surface area (Å²) in [4.78, 5) is 14.3. The molecule has 1 aliphatic heterocycles. The first-order valence-electron chi connectivity index (χ1n) is 8.16. The van der Waals surface area contributed by atoms with Gasteiger partial charge in [0.25, 0.3) is 5.91 Å². The molecule has 1 atom stereocenters. The average molecular weight is 383 g/mol. The van der Waals surface area contributed by atoms with Gasteiger partial charge in [-0.2, -0.15) is 0 Å². The fourth-order valence-corrected chi connectivity index (χ4v) is 3.01. The van der Waals surface area contributed by atoms with Gasteiger partial charge in [-0.15, -0.1) is 12.4 Å². The van der Waals surface area contributed by atoms with Crippen molar-refractivity contribution in [3.8, 4) is 16.9 Å². The fraction of sp³-hybridized carbons (Fsp3) is 0.316. The van der Waals surface area contributed by atoms with Crippen LogP contribution < -0.4 is 10.1 Å². The van der Waals surface area contributed by atoms with E-state index in [0.717, 1.165) is 0 Å². The highest BCUT2D eigenvalue weighted by molar-refractivity contribution is 5.95. The van der Waals surface area contributed by atoms with Crippen LogP contribution in [0, 0.1) is 11.6 Å². The molecule has 0 unspecified atom stereocenters. The standard InChI is InChI=1S/C19H20F2N2O2.ClH/c1-12-11-22-7-8-23(12)19(24)16-5-3-13(9-17(16)20)15-6-4-14(25-2)10-18(15)21;/h3-6,9-10,12,22H,7-8,11H2,1-2H3;1H/t12-;/m0./s1. The van der Waals surface area contributed by atoms with Crippen molar-refractivity contribution in [3.05, 3.63) is 53.6 Å². The van der Waals surface area contributed by atoms with Crippen molar-refractivity contribution in [2.24, 2.45) is 0 Å². The summed E-state index contributed by atoms with van der Waals surface area (Å²) in [6.45, 7) is 3.83. The highest BCUT2D eigenvalue weighted by atomic mass is 35.5. The molecule has 0 spiro atoms. The summed E-state index contributed by atoms with van der Waals surface area (Å²) in [5, 5.41) is 3.19. The summed E-state index contributed by atoms with van der Waals surface area (Å²) >= 11 is 0. The molecular formula is C19H21ClF2N2O2. The monoisotopic (exact) mass is 382 g/mol. The van der Waals surface area contributed by atoms with E-state index in [1.165, 1.54) is 31.4 Å². The Morgan fingerprint density at radius 3 is 2.58 bits per heavy atom. The minimum absolute atomic E-state index is 0. The van der Waals surface area contributed by atoms with Crippen molar-refractivity contribution < 1.29 is 18.3 Å². The summed E-state index contributed by atoms with van der Waals surface area (Å²) in [5.74, 6) is -1.11. The van der Waals surface area contributed by atoms with Gasteiger partial charge in [-0.3, -0.25) is 4.79 Å². The molecule has 2 aromatic carbocycles. The topological polar surface area (TPSA) is 41.6 Å². The molecule has 0 saturated carbocycles. The van der Waals surface area contributed by atoms with Crippen molar-refractivity contribution in [2.75, 3.05) is 26.7 Å². The number of carbonyl (C=O) groups is 1. The van der Waals surface area contributed by atoms with Gasteiger partial charge in [0.05, 0.1) is 12.7 Å². The third-order valence-electron chi connectivity index (χ3n) is 4.45. The molecule has 0 bridgehead atoms. The maximum absolute atomic E-state index is 14.5. The number of carbonyl (C=O) groups excluding carboxylic acids is 1. The van der Waals surface area contributed by atoms with Crippen LogP contribution in [0.5, 0.6) is 5.75 Å². The number of nitrogens with zero attached hydrogens (tertiary/aromatic N) is 1. The lowest BCUT2D eigenvalue weighted by Crippen LogP contribution is -2.52. The Morgan fingerprint density at radius 2 is 1.96 bits per heavy atom. The van der Waals surface area contributed by atoms with E-state index in [1.54, 1.807) is 17.0 Å². The number of ether oxygens (including phenoxy) is 1. The summed E-state index contributed by atoms with van der Waals surface area (Å²) in [7, 11) is 1.45. The second-order valence-corrected chi connectivity index (χ2v) is 6.09. The molecule has 140 valence electrons. The van der Waals surface area contributed by atoms with Crippen molar-refractivity contribution in [3.63, 3.8) is 0 Å². The molecule has 3 rings (SSSR count). The Morgan fingerprint density at radius 1 is 1.19 bits per heavy atom. The van der Waals surface area contributed by atoms with Gasteiger partial charge >= 0.3 is 0 Å². The fourth-order valence-electron chi connectivity index (χ4n) is 3.01. The molecule has 2 aromatic rings. The van der Waals surface area contributed by atoms with Gasteiger partial charge in [0.2, 0.25) is 0 Å². The van der Waals surface area contributed by atoms with Crippen LogP contribution in [0.25, 0.3) is 11.1 Å². The zero-order valence-electron chi connectivity index (χ0n) is 14.6. The van der Waals surface area contributed by atoms with Crippen LogP contribution in [0.15, 0.2) is 36.4 Å². The first-order chi connectivity index (χ1) is 12.0. The number of rotatable bonds is 3. The number of hydrogen-bond acceptors (Lipinski definition) is 3. The maximum Gasteiger partial charge on any atom is 0.257 e. The lowest BCUT2D eigenvalue weighted by molar-refractivity contribution is 0.0651. The molecule has 1 amide bonds. The summed E-state index contributed by atoms with van der Waals surface area (Å²) in [6, 6.07) is 8.57. The van der Waals surface area contributed by atoms with Gasteiger partial charge in [-0.25, -0.2) is 8.78 Å². The SMILES string of the molecule is COc1ccc(-c2ccc(C(=O)N3CCNC[C@@H]3C)c(F)c2)c(F)c1.Cl. The minimum Gasteiger partial charge on any atom is -0.497 e. The third kappa shape index (κ3) is 3.97. The highest BCUT2D eigenvalue weighted by Crippen LogP contribution is 2.28. The summed E-state index contributed by atoms with van der Waals surface area (Å²) in [6.07, 6.45) is 0. The van der Waals surface area contributed by atoms with E-state index < -0.39 is 11.6 Å². The lowest BCUT2D eigenvalue weighted by atomic mass is 10.0. The van der Waals surface area contributed by atoms with E-state index in [0.29, 0.717) is 30.9 Å². The van der Waals surface area contributed by atoms with Gasteiger partial charge in [0.1, 0.15) is 17.4 Å². The molecule has 4 nitrogen and oxygen atoms in total. The van der Waals surface area contributed by atoms with E-state index in [-0.39, 0.29) is 35.5 Å². The lowest BCUT2D eigenvalue weighted by Gasteiger charge is -2.34. The molecular weight excluding hydrogens is 362 g/mol. The summed E-state index contributed by atoms with van der Waals surface area (Å²) in [5.41, 5.74) is 0.642. The highest BCUT2D eigenvalue weighted by Gasteiger charge is 2.26. The van der Waals surface area contributed by atoms with E-state index in [2.05, 4.69) is 5.32 Å². The quantitative estimate of drug-likeness (QED) is 0.883. The Bertz CT molecular complexity index is 801. The normalized spacial score (nSPS) is 16.8. The Kier molecular flexibility index (Phi) is 6.56. The summed E-state index contributed by atoms with van der Waals surface area (Å²) < 4.78 is 33.7. The van der Waals surface area contributed by atoms with Crippen LogP contribution in [0.2, 0.25) is 0 Å². The molecule has 0 radical (unpaired) electrons. The van der Waals surface area contributed by atoms with Crippen LogP contribution in [0.1, 0.15) is 17.3 Å². The van der Waals surface area contributed by atoms with E-state index >= 15 is 0 Å². The van der Waals surface area contributed by atoms with E-state index in [9.17, 15) is 13.6 Å². The average Bonchev–Trinajstić information content (AvgIpc) is 2.61. The largest absolute Gasteiger partial charge is 0.497 e. The number of halogens is 3. The smallest absolute Gasteiger partial charge is 0.257 e. The number of benzene rings is 2. The number of piperazine rings is 1. The van der Waals surface area contributed by atoms with Crippen LogP contribution in [-0.4, -0.2) is 43.6 Å². The van der Waals surface area contributed by atoms with Gasteiger partial charge in [-0.05, 0) is 36.8 Å². The van der Waals surface area contributed by atoms with Crippen LogP contribution in [0.4, 0.5) is 8.78 Å². The van der Waals surface area contributed by atoms with Crippen LogP contribution in [0.3, 0.4) is 0 Å². The molecule has 26 heavy (non-hydrogen) atoms. The van der Waals surface area contributed by atoms with E-state index in [4.69, 9.17) is 4.74 Å². The molecule has 1 heterocycles. The number of amides is 1. The van der Waals surface area contributed by atoms with Gasteiger partial charge in [0, 0.05) is 37.3 Å². The Hall–Kier alpha value is -2.18. The molecule has 1 saturated heterocycles. The van der Waals surface area contributed by atoms with Crippen molar-refractivity contribution in [1.82, 2.24) is 10.2 Å². The maximum atomic E-state index is 14.5. The second kappa shape index (κ2) is 8.47. The molecule has 1 fully saturated rings. The predicted molar refractivity (Wildman–Crippen MR) is 99.0 cm³/mol.